The molecule has 0 aliphatic carbocycles. The van der Waals surface area contributed by atoms with Crippen molar-refractivity contribution in [1.29, 1.82) is 0 Å². The summed E-state index contributed by atoms with van der Waals surface area (Å²) >= 11 is 0. The van der Waals surface area contributed by atoms with Gasteiger partial charge in [-0.25, -0.2) is 0 Å². The van der Waals surface area contributed by atoms with Crippen LogP contribution in [0.3, 0.4) is 0 Å². The van der Waals surface area contributed by atoms with Crippen LogP contribution in [0.2, 0.25) is 6.32 Å². The van der Waals surface area contributed by atoms with E-state index in [0.717, 1.165) is 32.5 Å². The normalized spacial score (nSPS) is 11.1. The van der Waals surface area contributed by atoms with Crippen LogP contribution in [0.5, 0.6) is 0 Å². The molecule has 0 saturated carbocycles. The fraction of sp³-hybridized carbons (Fsp3) is 1.00. The van der Waals surface area contributed by atoms with E-state index >= 15 is 0 Å². The predicted molar refractivity (Wildman–Crippen MR) is 68.1 cm³/mol. The van der Waals surface area contributed by atoms with Gasteiger partial charge in [-0.1, -0.05) is 39.4 Å². The van der Waals surface area contributed by atoms with Gasteiger partial charge in [0.25, 0.3) is 0 Å². The monoisotopic (exact) mass is 214 g/mol. The van der Waals surface area contributed by atoms with Crippen LogP contribution in [0.15, 0.2) is 0 Å². The van der Waals surface area contributed by atoms with Gasteiger partial charge in [0.2, 0.25) is 0 Å². The Kier molecular flexibility index (Phi) is 12.0. The zero-order chi connectivity index (χ0) is 11.4. The summed E-state index contributed by atoms with van der Waals surface area (Å²) in [6.45, 7) is 6.05. The smallest absolute Gasteiger partial charge is 0.157 e. The minimum Gasteiger partial charge on any atom is -0.353 e. The van der Waals surface area contributed by atoms with Gasteiger partial charge in [-0.15, -0.1) is 0 Å². The van der Waals surface area contributed by atoms with Gasteiger partial charge in [-0.05, 0) is 19.3 Å². The Balaban J connectivity index is 3.53. The molecule has 0 aromatic carbocycles. The second-order valence-corrected chi connectivity index (χ2v) is 4.02. The molecule has 90 valence electrons. The maximum absolute atomic E-state index is 5.71. The lowest BCUT2D eigenvalue weighted by atomic mass is 10.0. The van der Waals surface area contributed by atoms with Crippen LogP contribution in [-0.2, 0) is 9.47 Å². The SMILES string of the molecule is BCCCC(OCCCC)OCCCC. The highest BCUT2D eigenvalue weighted by molar-refractivity contribution is 6.08. The number of rotatable bonds is 11. The molecule has 0 amide bonds. The molecule has 15 heavy (non-hydrogen) atoms. The van der Waals surface area contributed by atoms with Crippen molar-refractivity contribution in [2.75, 3.05) is 13.2 Å². The summed E-state index contributed by atoms with van der Waals surface area (Å²) in [6, 6.07) is 0. The Bertz CT molecular complexity index is 110. The van der Waals surface area contributed by atoms with Crippen molar-refractivity contribution in [3.63, 3.8) is 0 Å². The Labute approximate surface area is 96.1 Å². The topological polar surface area (TPSA) is 18.5 Å². The second kappa shape index (κ2) is 12.1. The van der Waals surface area contributed by atoms with E-state index in [9.17, 15) is 0 Å². The first-order valence-corrected chi connectivity index (χ1v) is 6.58. The fourth-order valence-electron chi connectivity index (χ4n) is 1.30. The van der Waals surface area contributed by atoms with E-state index < -0.39 is 0 Å². The van der Waals surface area contributed by atoms with E-state index in [2.05, 4.69) is 21.7 Å². The Morgan fingerprint density at radius 2 is 1.47 bits per heavy atom. The molecular weight excluding hydrogens is 187 g/mol. The van der Waals surface area contributed by atoms with Gasteiger partial charge in [-0.2, -0.15) is 0 Å². The highest BCUT2D eigenvalue weighted by Crippen LogP contribution is 2.08. The summed E-state index contributed by atoms with van der Waals surface area (Å²) in [5.41, 5.74) is 0. The number of hydrogen-bond acceptors (Lipinski definition) is 2. The molecule has 0 bridgehead atoms. The summed E-state index contributed by atoms with van der Waals surface area (Å²) < 4.78 is 11.4. The van der Waals surface area contributed by atoms with Crippen molar-refractivity contribution in [2.24, 2.45) is 0 Å². The van der Waals surface area contributed by atoms with Crippen LogP contribution in [0.1, 0.15) is 52.4 Å². The molecule has 0 rings (SSSR count). The number of hydrogen-bond donors (Lipinski definition) is 0. The second-order valence-electron chi connectivity index (χ2n) is 4.02. The summed E-state index contributed by atoms with van der Waals surface area (Å²) in [4.78, 5) is 0. The molecule has 0 aliphatic heterocycles. The quantitative estimate of drug-likeness (QED) is 0.299. The lowest BCUT2D eigenvalue weighted by molar-refractivity contribution is -0.147. The molecule has 3 heteroatoms. The van der Waals surface area contributed by atoms with Gasteiger partial charge in [0.15, 0.2) is 6.29 Å². The molecule has 2 nitrogen and oxygen atoms in total. The first kappa shape index (κ1) is 15.0. The van der Waals surface area contributed by atoms with Crippen molar-refractivity contribution in [3.05, 3.63) is 0 Å². The van der Waals surface area contributed by atoms with Crippen LogP contribution in [0, 0.1) is 0 Å². The molecule has 0 aromatic heterocycles. The lowest BCUT2D eigenvalue weighted by Crippen LogP contribution is -2.18. The molecule has 0 atom stereocenters. The Morgan fingerprint density at radius 1 is 0.933 bits per heavy atom. The van der Waals surface area contributed by atoms with E-state index in [4.69, 9.17) is 9.47 Å². The highest BCUT2D eigenvalue weighted by atomic mass is 16.7. The van der Waals surface area contributed by atoms with Gasteiger partial charge >= 0.3 is 0 Å². The zero-order valence-electron chi connectivity index (χ0n) is 10.8. The minimum atomic E-state index is 0.0445. The molecule has 0 aromatic rings. The summed E-state index contributed by atoms with van der Waals surface area (Å²) in [5.74, 6) is 0. The molecule has 0 spiro atoms. The average molecular weight is 214 g/mol. The van der Waals surface area contributed by atoms with Gasteiger partial charge in [0, 0.05) is 13.2 Å². The largest absolute Gasteiger partial charge is 0.353 e. The van der Waals surface area contributed by atoms with Crippen LogP contribution in [0.25, 0.3) is 0 Å². The third kappa shape index (κ3) is 10.3. The van der Waals surface area contributed by atoms with Crippen LogP contribution in [-0.4, -0.2) is 27.4 Å². The Hall–Kier alpha value is -0.0151. The molecule has 0 aliphatic rings. The molecule has 0 fully saturated rings. The molecule has 0 radical (unpaired) electrons. The molecule has 0 saturated heterocycles. The molecule has 0 N–H and O–H groups in total. The van der Waals surface area contributed by atoms with Crippen LogP contribution in [0.4, 0.5) is 0 Å². The predicted octanol–water partition coefficient (Wildman–Crippen LogP) is 2.78. The van der Waals surface area contributed by atoms with Crippen LogP contribution < -0.4 is 0 Å². The molecule has 0 heterocycles. The van der Waals surface area contributed by atoms with Gasteiger partial charge in [0.1, 0.15) is 7.85 Å². The fourth-order valence-corrected chi connectivity index (χ4v) is 1.30. The van der Waals surface area contributed by atoms with E-state index in [0.29, 0.717) is 0 Å². The van der Waals surface area contributed by atoms with Crippen molar-refractivity contribution in [1.82, 2.24) is 0 Å². The van der Waals surface area contributed by atoms with Crippen molar-refractivity contribution in [3.8, 4) is 0 Å². The third-order valence-corrected chi connectivity index (χ3v) is 2.40. The van der Waals surface area contributed by atoms with E-state index in [-0.39, 0.29) is 6.29 Å². The Morgan fingerprint density at radius 3 is 1.87 bits per heavy atom. The number of unbranched alkanes of at least 4 members (excludes halogenated alkanes) is 2. The maximum Gasteiger partial charge on any atom is 0.157 e. The molecular formula is C12H27BO2. The van der Waals surface area contributed by atoms with Gasteiger partial charge in [0.05, 0.1) is 0 Å². The highest BCUT2D eigenvalue weighted by Gasteiger charge is 2.07. The van der Waals surface area contributed by atoms with E-state index in [1.165, 1.54) is 25.6 Å². The summed E-state index contributed by atoms with van der Waals surface area (Å²) in [7, 11) is 2.20. The summed E-state index contributed by atoms with van der Waals surface area (Å²) in [5, 5.41) is 0. The van der Waals surface area contributed by atoms with E-state index in [1.807, 2.05) is 0 Å². The lowest BCUT2D eigenvalue weighted by Gasteiger charge is -2.18. The minimum absolute atomic E-state index is 0.0445. The van der Waals surface area contributed by atoms with Gasteiger partial charge < -0.3 is 9.47 Å². The first-order chi connectivity index (χ1) is 7.35. The van der Waals surface area contributed by atoms with Crippen molar-refractivity contribution in [2.45, 2.75) is 65.0 Å². The number of ether oxygens (including phenoxy) is 2. The van der Waals surface area contributed by atoms with Crippen LogP contribution >= 0.6 is 0 Å². The van der Waals surface area contributed by atoms with E-state index in [1.54, 1.807) is 0 Å². The van der Waals surface area contributed by atoms with Crippen molar-refractivity contribution < 1.29 is 9.47 Å². The molecule has 0 unspecified atom stereocenters. The zero-order valence-corrected chi connectivity index (χ0v) is 10.8. The standard InChI is InChI=1S/C12H27BO2/c1-3-5-10-14-12(8-7-9-13)15-11-6-4-2/h12H,3-11,13H2,1-2H3. The summed E-state index contributed by atoms with van der Waals surface area (Å²) in [6.07, 6.45) is 8.16. The third-order valence-electron chi connectivity index (χ3n) is 2.40. The van der Waals surface area contributed by atoms with Gasteiger partial charge in [-0.3, -0.25) is 0 Å². The maximum atomic E-state index is 5.71. The average Bonchev–Trinajstić information content (AvgIpc) is 2.25. The van der Waals surface area contributed by atoms with Crippen molar-refractivity contribution >= 4 is 7.85 Å². The first-order valence-electron chi connectivity index (χ1n) is 6.58.